The molecule has 160 valence electrons. The molecule has 4 aliphatic rings. The van der Waals surface area contributed by atoms with Crippen LogP contribution in [0.1, 0.15) is 86.0 Å². The lowest BCUT2D eigenvalue weighted by Crippen LogP contribution is -2.61. The number of hydrogen-bond donors (Lipinski definition) is 0. The Balaban J connectivity index is 1.58. The van der Waals surface area contributed by atoms with Crippen LogP contribution < -0.4 is 0 Å². The van der Waals surface area contributed by atoms with Gasteiger partial charge in [-0.15, -0.1) is 0 Å². The van der Waals surface area contributed by atoms with Gasteiger partial charge in [-0.2, -0.15) is 0 Å². The predicted octanol–water partition coefficient (Wildman–Crippen LogP) is 5.53. The van der Waals surface area contributed by atoms with Crippen molar-refractivity contribution in [3.63, 3.8) is 0 Å². The molecular formula is C25H43NO2. The normalized spacial score (nSPS) is 49.4. The molecule has 3 saturated carbocycles. The highest BCUT2D eigenvalue weighted by atomic mass is 16.5. The van der Waals surface area contributed by atoms with Crippen molar-refractivity contribution in [2.75, 3.05) is 13.7 Å². The van der Waals surface area contributed by atoms with Gasteiger partial charge in [-0.3, -0.25) is 4.79 Å². The monoisotopic (exact) mass is 389 g/mol. The van der Waals surface area contributed by atoms with E-state index in [0.29, 0.717) is 34.8 Å². The number of rotatable bonds is 4. The Morgan fingerprint density at radius 3 is 2.61 bits per heavy atom. The summed E-state index contributed by atoms with van der Waals surface area (Å²) >= 11 is 0. The van der Waals surface area contributed by atoms with E-state index < -0.39 is 0 Å². The van der Waals surface area contributed by atoms with Gasteiger partial charge in [-0.05, 0) is 92.3 Å². The number of carbonyl (C=O) groups is 1. The average molecular weight is 390 g/mol. The van der Waals surface area contributed by atoms with Crippen molar-refractivity contribution < 1.29 is 9.53 Å². The molecule has 9 atom stereocenters. The lowest BCUT2D eigenvalue weighted by atomic mass is 9.46. The van der Waals surface area contributed by atoms with E-state index in [1.807, 2.05) is 0 Å². The molecule has 4 fully saturated rings. The maximum atomic E-state index is 12.3. The highest BCUT2D eigenvalue weighted by Gasteiger charge is 2.63. The van der Waals surface area contributed by atoms with Gasteiger partial charge in [-0.1, -0.05) is 27.7 Å². The molecule has 0 bridgehead atoms. The van der Waals surface area contributed by atoms with Crippen molar-refractivity contribution in [2.24, 2.45) is 40.4 Å². The van der Waals surface area contributed by atoms with Crippen LogP contribution in [0.25, 0.3) is 0 Å². The minimum absolute atomic E-state index is 0.332. The first-order valence-electron chi connectivity index (χ1n) is 12.1. The van der Waals surface area contributed by atoms with Crippen molar-refractivity contribution in [3.05, 3.63) is 0 Å². The first-order valence-corrected chi connectivity index (χ1v) is 12.1. The molecule has 3 aliphatic carbocycles. The Hall–Kier alpha value is -0.570. The van der Waals surface area contributed by atoms with Gasteiger partial charge in [0.2, 0.25) is 5.91 Å². The number of piperidine rings is 1. The summed E-state index contributed by atoms with van der Waals surface area (Å²) in [7, 11) is 2.07. The van der Waals surface area contributed by atoms with E-state index >= 15 is 0 Å². The second-order valence-electron chi connectivity index (χ2n) is 11.3. The second-order valence-corrected chi connectivity index (χ2v) is 11.3. The Bertz CT molecular complexity index is 605. The molecule has 0 N–H and O–H groups in total. The maximum absolute atomic E-state index is 12.3. The molecule has 28 heavy (non-hydrogen) atoms. The molecule has 1 aliphatic heterocycles. The molecule has 1 heterocycles. The fourth-order valence-corrected chi connectivity index (χ4v) is 8.96. The second kappa shape index (κ2) is 7.29. The largest absolute Gasteiger partial charge is 0.378 e. The summed E-state index contributed by atoms with van der Waals surface area (Å²) in [4.78, 5) is 14.5. The number of amides is 1. The molecule has 3 heteroatoms. The molecule has 0 radical (unpaired) electrons. The van der Waals surface area contributed by atoms with Crippen LogP contribution in [-0.4, -0.2) is 36.6 Å². The number of hydrogen-bond acceptors (Lipinski definition) is 2. The SMILES string of the molecule is CCCOC(C)[C@H]1C(C)C[C@H]2[C@@H]3CCC4N(C)C(=O)CC[C@]4(C)[C@H]3CC[C@]12C. The molecule has 0 spiro atoms. The zero-order valence-corrected chi connectivity index (χ0v) is 19.2. The van der Waals surface area contributed by atoms with E-state index in [2.05, 4.69) is 46.6 Å². The molecule has 4 rings (SSSR count). The Labute approximate surface area is 173 Å². The third kappa shape index (κ3) is 2.89. The van der Waals surface area contributed by atoms with E-state index in [-0.39, 0.29) is 0 Å². The van der Waals surface area contributed by atoms with Crippen molar-refractivity contribution in [3.8, 4) is 0 Å². The molecule has 0 aromatic rings. The number of carbonyl (C=O) groups excluding carboxylic acids is 1. The molecule has 1 saturated heterocycles. The van der Waals surface area contributed by atoms with Crippen LogP contribution in [0.5, 0.6) is 0 Å². The molecule has 3 unspecified atom stereocenters. The van der Waals surface area contributed by atoms with Gasteiger partial charge >= 0.3 is 0 Å². The predicted molar refractivity (Wildman–Crippen MR) is 114 cm³/mol. The van der Waals surface area contributed by atoms with Gasteiger partial charge in [0.1, 0.15) is 0 Å². The van der Waals surface area contributed by atoms with Gasteiger partial charge in [0.15, 0.2) is 0 Å². The van der Waals surface area contributed by atoms with E-state index in [1.54, 1.807) is 0 Å². The molecule has 0 aromatic carbocycles. The van der Waals surface area contributed by atoms with E-state index in [0.717, 1.165) is 49.5 Å². The van der Waals surface area contributed by atoms with Gasteiger partial charge < -0.3 is 9.64 Å². The number of nitrogens with zero attached hydrogens (tertiary/aromatic N) is 1. The first-order chi connectivity index (χ1) is 13.2. The van der Waals surface area contributed by atoms with Gasteiger partial charge in [0.25, 0.3) is 0 Å². The smallest absolute Gasteiger partial charge is 0.222 e. The van der Waals surface area contributed by atoms with Crippen molar-refractivity contribution >= 4 is 5.91 Å². The molecule has 1 amide bonds. The summed E-state index contributed by atoms with van der Waals surface area (Å²) < 4.78 is 6.28. The zero-order chi connectivity index (χ0) is 20.3. The lowest BCUT2D eigenvalue weighted by molar-refractivity contribution is -0.160. The van der Waals surface area contributed by atoms with Crippen molar-refractivity contribution in [1.29, 1.82) is 0 Å². The maximum Gasteiger partial charge on any atom is 0.222 e. The summed E-state index contributed by atoms with van der Waals surface area (Å²) in [6, 6.07) is 0.473. The molecule has 3 nitrogen and oxygen atoms in total. The van der Waals surface area contributed by atoms with Crippen molar-refractivity contribution in [2.45, 2.75) is 98.1 Å². The van der Waals surface area contributed by atoms with Crippen LogP contribution in [0.2, 0.25) is 0 Å². The summed E-state index contributed by atoms with van der Waals surface area (Å²) in [5, 5.41) is 0. The Morgan fingerprint density at radius 2 is 1.89 bits per heavy atom. The molecule has 0 aromatic heterocycles. The Morgan fingerprint density at radius 1 is 1.14 bits per heavy atom. The minimum Gasteiger partial charge on any atom is -0.378 e. The fourth-order valence-electron chi connectivity index (χ4n) is 8.96. The van der Waals surface area contributed by atoms with Crippen LogP contribution >= 0.6 is 0 Å². The summed E-state index contributed by atoms with van der Waals surface area (Å²) in [5.41, 5.74) is 0.770. The van der Waals surface area contributed by atoms with Gasteiger partial charge in [0, 0.05) is 26.1 Å². The Kier molecular flexibility index (Phi) is 5.39. The van der Waals surface area contributed by atoms with E-state index in [1.165, 1.54) is 32.1 Å². The number of likely N-dealkylation sites (tertiary alicyclic amines) is 1. The van der Waals surface area contributed by atoms with Crippen LogP contribution in [0.4, 0.5) is 0 Å². The third-order valence-corrected chi connectivity index (χ3v) is 10.1. The number of ether oxygens (including phenoxy) is 1. The minimum atomic E-state index is 0.332. The molecular weight excluding hydrogens is 346 g/mol. The van der Waals surface area contributed by atoms with Gasteiger partial charge in [0.05, 0.1) is 6.10 Å². The van der Waals surface area contributed by atoms with Crippen LogP contribution in [0.15, 0.2) is 0 Å². The number of fused-ring (bicyclic) bond motifs is 5. The fraction of sp³-hybridized carbons (Fsp3) is 0.960. The van der Waals surface area contributed by atoms with E-state index in [9.17, 15) is 4.79 Å². The quantitative estimate of drug-likeness (QED) is 0.633. The van der Waals surface area contributed by atoms with Crippen molar-refractivity contribution in [1.82, 2.24) is 4.90 Å². The first kappa shape index (κ1) is 20.7. The summed E-state index contributed by atoms with van der Waals surface area (Å²) in [6.07, 6.45) is 10.0. The lowest BCUT2D eigenvalue weighted by Gasteiger charge is -2.62. The zero-order valence-electron chi connectivity index (χ0n) is 19.2. The highest BCUT2D eigenvalue weighted by molar-refractivity contribution is 5.77. The summed E-state index contributed by atoms with van der Waals surface area (Å²) in [5.74, 6) is 4.34. The summed E-state index contributed by atoms with van der Waals surface area (Å²) in [6.45, 7) is 13.1. The highest BCUT2D eigenvalue weighted by Crippen LogP contribution is 2.67. The van der Waals surface area contributed by atoms with Gasteiger partial charge in [-0.25, -0.2) is 0 Å². The van der Waals surface area contributed by atoms with Crippen LogP contribution in [-0.2, 0) is 9.53 Å². The van der Waals surface area contributed by atoms with Crippen LogP contribution in [0.3, 0.4) is 0 Å². The topological polar surface area (TPSA) is 29.5 Å². The third-order valence-electron chi connectivity index (χ3n) is 10.1. The van der Waals surface area contributed by atoms with Crippen LogP contribution in [0, 0.1) is 40.4 Å². The average Bonchev–Trinajstić information content (AvgIpc) is 2.93. The standard InChI is InChI=1S/C25H43NO2/c1-7-14-28-17(3)23-16(2)15-20-18-8-9-21-24(4,13-11-22(27)26(21)6)19(18)10-12-25(20,23)5/h16-21,23H,7-15H2,1-6H3/t16?,17?,18-,19+,20+,21?,23-,24-,25+/m1/s1. The van der Waals surface area contributed by atoms with E-state index in [4.69, 9.17) is 4.74 Å².